The maximum absolute atomic E-state index is 9.10. The zero-order valence-corrected chi connectivity index (χ0v) is 7.47. The van der Waals surface area contributed by atoms with Gasteiger partial charge in [-0.05, 0) is 0 Å². The number of aliphatic hydroxyl groups is 1. The Morgan fingerprint density at radius 3 is 2.14 bits per heavy atom. The van der Waals surface area contributed by atoms with Gasteiger partial charge in [-0.2, -0.15) is 0 Å². The molecule has 1 saturated heterocycles. The first-order chi connectivity index (χ1) is 6.57. The van der Waals surface area contributed by atoms with E-state index in [0.717, 1.165) is 19.7 Å². The Hall–Kier alpha value is -1.18. The molecule has 1 aliphatic rings. The van der Waals surface area contributed by atoms with Gasteiger partial charge in [0.05, 0.1) is 19.3 Å². The third-order valence-electron chi connectivity index (χ3n) is 1.39. The summed E-state index contributed by atoms with van der Waals surface area (Å²) < 4.78 is 5.11. The van der Waals surface area contributed by atoms with Crippen LogP contribution in [-0.4, -0.2) is 59.7 Å². The number of carbonyl (C=O) groups is 2. The number of carboxylic acids is 2. The van der Waals surface area contributed by atoms with Gasteiger partial charge in [0.2, 0.25) is 0 Å². The van der Waals surface area contributed by atoms with Gasteiger partial charge in [0.25, 0.3) is 0 Å². The maximum atomic E-state index is 9.10. The van der Waals surface area contributed by atoms with Crippen LogP contribution in [0.15, 0.2) is 0 Å². The van der Waals surface area contributed by atoms with Crippen LogP contribution < -0.4 is 5.32 Å². The number of rotatable bonds is 1. The molecule has 0 radical (unpaired) electrons. The lowest BCUT2D eigenvalue weighted by molar-refractivity contribution is -0.159. The van der Waals surface area contributed by atoms with Gasteiger partial charge >= 0.3 is 11.9 Å². The van der Waals surface area contributed by atoms with Crippen LogP contribution in [0.2, 0.25) is 0 Å². The molecule has 0 aromatic carbocycles. The van der Waals surface area contributed by atoms with Gasteiger partial charge in [0, 0.05) is 13.1 Å². The molecule has 0 aromatic heterocycles. The molecule has 1 heterocycles. The minimum atomic E-state index is -1.82. The van der Waals surface area contributed by atoms with Crippen molar-refractivity contribution in [3.05, 3.63) is 0 Å². The SMILES string of the molecule is O=C(O)C(=O)O.OCC1CNCCO1. The van der Waals surface area contributed by atoms with Gasteiger partial charge in [0.1, 0.15) is 0 Å². The van der Waals surface area contributed by atoms with Crippen molar-refractivity contribution in [1.29, 1.82) is 0 Å². The van der Waals surface area contributed by atoms with E-state index >= 15 is 0 Å². The molecule has 1 aliphatic heterocycles. The number of morpholine rings is 1. The van der Waals surface area contributed by atoms with E-state index in [1.165, 1.54) is 0 Å². The zero-order chi connectivity index (χ0) is 11.0. The van der Waals surface area contributed by atoms with Crippen LogP contribution >= 0.6 is 0 Å². The predicted octanol–water partition coefficient (Wildman–Crippen LogP) is -1.88. The number of aliphatic hydroxyl groups excluding tert-OH is 1. The molecule has 1 rings (SSSR count). The van der Waals surface area contributed by atoms with E-state index in [2.05, 4.69) is 5.32 Å². The van der Waals surface area contributed by atoms with Gasteiger partial charge in [-0.3, -0.25) is 0 Å². The standard InChI is InChI=1S/C5H11NO2.C2H2O4/c7-4-5-3-6-1-2-8-5;3-1(4)2(5)6/h5-7H,1-4H2;(H,3,4)(H,5,6). The van der Waals surface area contributed by atoms with E-state index < -0.39 is 11.9 Å². The second-order valence-electron chi connectivity index (χ2n) is 2.49. The second-order valence-corrected chi connectivity index (χ2v) is 2.49. The molecule has 0 spiro atoms. The Labute approximate surface area is 80.3 Å². The molecule has 7 nitrogen and oxygen atoms in total. The molecule has 82 valence electrons. The van der Waals surface area contributed by atoms with Gasteiger partial charge in [-0.1, -0.05) is 0 Å². The third kappa shape index (κ3) is 6.35. The van der Waals surface area contributed by atoms with Crippen molar-refractivity contribution in [3.63, 3.8) is 0 Å². The fourth-order valence-corrected chi connectivity index (χ4v) is 0.737. The Balaban J connectivity index is 0.000000255. The number of aliphatic carboxylic acids is 2. The fourth-order valence-electron chi connectivity index (χ4n) is 0.737. The number of hydrogen-bond donors (Lipinski definition) is 4. The van der Waals surface area contributed by atoms with Gasteiger partial charge in [-0.15, -0.1) is 0 Å². The highest BCUT2D eigenvalue weighted by atomic mass is 16.5. The summed E-state index contributed by atoms with van der Waals surface area (Å²) in [6, 6.07) is 0. The fraction of sp³-hybridized carbons (Fsp3) is 0.714. The summed E-state index contributed by atoms with van der Waals surface area (Å²) in [6.07, 6.45) is 0.0312. The summed E-state index contributed by atoms with van der Waals surface area (Å²) in [7, 11) is 0. The zero-order valence-electron chi connectivity index (χ0n) is 7.47. The maximum Gasteiger partial charge on any atom is 0.414 e. The summed E-state index contributed by atoms with van der Waals surface area (Å²) in [4.78, 5) is 18.2. The second kappa shape index (κ2) is 7.25. The lowest BCUT2D eigenvalue weighted by atomic mass is 10.3. The highest BCUT2D eigenvalue weighted by Crippen LogP contribution is 1.92. The van der Waals surface area contributed by atoms with E-state index in [9.17, 15) is 0 Å². The van der Waals surface area contributed by atoms with Crippen LogP contribution in [-0.2, 0) is 14.3 Å². The molecule has 1 atom stereocenters. The molecule has 0 aromatic rings. The van der Waals surface area contributed by atoms with Crippen molar-refractivity contribution in [1.82, 2.24) is 5.32 Å². The Morgan fingerprint density at radius 2 is 1.93 bits per heavy atom. The monoisotopic (exact) mass is 207 g/mol. The Morgan fingerprint density at radius 1 is 1.36 bits per heavy atom. The van der Waals surface area contributed by atoms with E-state index in [-0.39, 0.29) is 12.7 Å². The molecule has 1 fully saturated rings. The van der Waals surface area contributed by atoms with Crippen LogP contribution in [0.4, 0.5) is 0 Å². The van der Waals surface area contributed by atoms with Crippen molar-refractivity contribution in [2.24, 2.45) is 0 Å². The van der Waals surface area contributed by atoms with E-state index in [4.69, 9.17) is 29.6 Å². The van der Waals surface area contributed by atoms with Gasteiger partial charge < -0.3 is 25.4 Å². The molecule has 14 heavy (non-hydrogen) atoms. The number of nitrogens with one attached hydrogen (secondary N) is 1. The van der Waals surface area contributed by atoms with Crippen molar-refractivity contribution in [2.45, 2.75) is 6.10 Å². The molecular formula is C7H13NO6. The normalized spacial score (nSPS) is 20.5. The number of ether oxygens (including phenoxy) is 1. The van der Waals surface area contributed by atoms with Crippen molar-refractivity contribution < 1.29 is 29.6 Å². The summed E-state index contributed by atoms with van der Waals surface area (Å²) in [5.41, 5.74) is 0. The lowest BCUT2D eigenvalue weighted by Crippen LogP contribution is -2.40. The Bertz CT molecular complexity index is 177. The quantitative estimate of drug-likeness (QED) is 0.372. The highest BCUT2D eigenvalue weighted by molar-refractivity contribution is 6.27. The molecule has 0 aliphatic carbocycles. The molecule has 0 bridgehead atoms. The largest absolute Gasteiger partial charge is 0.473 e. The van der Waals surface area contributed by atoms with Crippen molar-refractivity contribution in [3.8, 4) is 0 Å². The predicted molar refractivity (Wildman–Crippen MR) is 45.0 cm³/mol. The van der Waals surface area contributed by atoms with Crippen LogP contribution in [0.3, 0.4) is 0 Å². The molecule has 0 amide bonds. The summed E-state index contributed by atoms with van der Waals surface area (Å²) in [5.74, 6) is -3.65. The summed E-state index contributed by atoms with van der Waals surface area (Å²) >= 11 is 0. The average Bonchev–Trinajstić information content (AvgIpc) is 2.20. The van der Waals surface area contributed by atoms with Crippen LogP contribution in [0.5, 0.6) is 0 Å². The minimum Gasteiger partial charge on any atom is -0.473 e. The molecule has 0 saturated carbocycles. The van der Waals surface area contributed by atoms with Crippen LogP contribution in [0.25, 0.3) is 0 Å². The Kier molecular flexibility index (Phi) is 6.63. The summed E-state index contributed by atoms with van der Waals surface area (Å²) in [5, 5.41) is 26.4. The first kappa shape index (κ1) is 12.8. The van der Waals surface area contributed by atoms with Crippen molar-refractivity contribution >= 4 is 11.9 Å². The molecular weight excluding hydrogens is 194 g/mol. The summed E-state index contributed by atoms with van der Waals surface area (Å²) in [6.45, 7) is 2.56. The van der Waals surface area contributed by atoms with Crippen LogP contribution in [0, 0.1) is 0 Å². The number of hydrogen-bond acceptors (Lipinski definition) is 5. The van der Waals surface area contributed by atoms with Crippen molar-refractivity contribution in [2.75, 3.05) is 26.3 Å². The van der Waals surface area contributed by atoms with Gasteiger partial charge in [-0.25, -0.2) is 9.59 Å². The lowest BCUT2D eigenvalue weighted by Gasteiger charge is -2.21. The average molecular weight is 207 g/mol. The highest BCUT2D eigenvalue weighted by Gasteiger charge is 2.10. The molecule has 1 unspecified atom stereocenters. The number of carboxylic acid groups (broad SMARTS) is 2. The first-order valence-electron chi connectivity index (χ1n) is 3.97. The molecule has 7 heteroatoms. The minimum absolute atomic E-state index is 0.0312. The van der Waals surface area contributed by atoms with Crippen LogP contribution in [0.1, 0.15) is 0 Å². The van der Waals surface area contributed by atoms with E-state index in [1.807, 2.05) is 0 Å². The van der Waals surface area contributed by atoms with E-state index in [1.54, 1.807) is 0 Å². The first-order valence-corrected chi connectivity index (χ1v) is 3.97. The molecule has 4 N–H and O–H groups in total. The smallest absolute Gasteiger partial charge is 0.414 e. The third-order valence-corrected chi connectivity index (χ3v) is 1.39. The van der Waals surface area contributed by atoms with Gasteiger partial charge in [0.15, 0.2) is 0 Å². The topological polar surface area (TPSA) is 116 Å². The van der Waals surface area contributed by atoms with E-state index in [0.29, 0.717) is 0 Å².